The maximum Gasteiger partial charge on any atom is 0.352 e. The average Bonchev–Trinajstić information content (AvgIpc) is 2.95. The van der Waals surface area contributed by atoms with Crippen LogP contribution in [0.25, 0.3) is 0 Å². The van der Waals surface area contributed by atoms with Crippen molar-refractivity contribution in [1.29, 1.82) is 5.26 Å². The Bertz CT molecular complexity index is 553. The van der Waals surface area contributed by atoms with Crippen LogP contribution < -0.4 is 5.32 Å². The summed E-state index contributed by atoms with van der Waals surface area (Å²) in [6, 6.07) is 5.37. The molecule has 1 amide bonds. The fraction of sp³-hybridized carbons (Fsp3) is 0.500. The third-order valence-corrected chi connectivity index (χ3v) is 3.68. The molecule has 1 saturated heterocycles. The molecule has 0 saturated carbocycles. The molecule has 1 aromatic heterocycles. The Morgan fingerprint density at radius 3 is 2.76 bits per heavy atom. The van der Waals surface area contributed by atoms with Crippen molar-refractivity contribution in [2.75, 3.05) is 26.2 Å². The smallest absolute Gasteiger partial charge is 0.352 e. The minimum Gasteiger partial charge on any atom is -0.477 e. The van der Waals surface area contributed by atoms with E-state index in [0.717, 1.165) is 25.9 Å². The second-order valence-corrected chi connectivity index (χ2v) is 5.05. The van der Waals surface area contributed by atoms with Crippen LogP contribution in [0.2, 0.25) is 0 Å². The van der Waals surface area contributed by atoms with Gasteiger partial charge in [-0.25, -0.2) is 4.79 Å². The first-order valence-corrected chi connectivity index (χ1v) is 6.88. The van der Waals surface area contributed by atoms with E-state index in [9.17, 15) is 9.59 Å². The van der Waals surface area contributed by atoms with Gasteiger partial charge in [0.05, 0.1) is 12.6 Å². The Kier molecular flexibility index (Phi) is 4.95. The van der Waals surface area contributed by atoms with Crippen molar-refractivity contribution in [3.63, 3.8) is 0 Å². The number of likely N-dealkylation sites (tertiary alicyclic amines) is 1. The molecule has 1 aromatic rings. The summed E-state index contributed by atoms with van der Waals surface area (Å²) >= 11 is 0. The van der Waals surface area contributed by atoms with Crippen LogP contribution >= 0.6 is 0 Å². The number of nitrogens with zero attached hydrogens (tertiary/aromatic N) is 3. The Morgan fingerprint density at radius 2 is 2.14 bits per heavy atom. The summed E-state index contributed by atoms with van der Waals surface area (Å²) in [6.45, 7) is 1.79. The van der Waals surface area contributed by atoms with Gasteiger partial charge in [-0.05, 0) is 25.0 Å². The molecule has 7 heteroatoms. The molecule has 2 N–H and O–H groups in total. The lowest BCUT2D eigenvalue weighted by molar-refractivity contribution is -0.122. The van der Waals surface area contributed by atoms with Crippen molar-refractivity contribution in [3.8, 4) is 6.07 Å². The van der Waals surface area contributed by atoms with Crippen LogP contribution in [0, 0.1) is 11.3 Å². The predicted molar refractivity (Wildman–Crippen MR) is 74.7 cm³/mol. The largest absolute Gasteiger partial charge is 0.477 e. The number of carbonyl (C=O) groups is 2. The summed E-state index contributed by atoms with van der Waals surface area (Å²) in [7, 11) is 0. The zero-order valence-corrected chi connectivity index (χ0v) is 11.7. The van der Waals surface area contributed by atoms with Crippen LogP contribution in [0.1, 0.15) is 29.4 Å². The van der Waals surface area contributed by atoms with Crippen molar-refractivity contribution < 1.29 is 14.7 Å². The molecule has 1 aliphatic heterocycles. The van der Waals surface area contributed by atoms with E-state index in [1.54, 1.807) is 22.9 Å². The number of aromatic nitrogens is 1. The average molecular weight is 290 g/mol. The Labute approximate surface area is 122 Å². The van der Waals surface area contributed by atoms with Gasteiger partial charge in [-0.1, -0.05) is 0 Å². The molecule has 0 spiro atoms. The molecular weight excluding hydrogens is 272 g/mol. The number of carboxylic acid groups (broad SMARTS) is 1. The normalized spacial score (nSPS) is 16.3. The number of hydrogen-bond donors (Lipinski definition) is 2. The molecule has 0 radical (unpaired) electrons. The fourth-order valence-electron chi connectivity index (χ4n) is 2.65. The second kappa shape index (κ2) is 6.90. The van der Waals surface area contributed by atoms with Gasteiger partial charge < -0.3 is 15.0 Å². The number of piperidine rings is 1. The molecule has 0 aromatic carbocycles. The summed E-state index contributed by atoms with van der Waals surface area (Å²) < 4.78 is 1.80. The van der Waals surface area contributed by atoms with Crippen molar-refractivity contribution in [1.82, 2.24) is 14.8 Å². The number of carboxylic acids is 1. The van der Waals surface area contributed by atoms with E-state index >= 15 is 0 Å². The lowest BCUT2D eigenvalue weighted by Gasteiger charge is -2.32. The van der Waals surface area contributed by atoms with Gasteiger partial charge in [0.15, 0.2) is 0 Å². The van der Waals surface area contributed by atoms with Gasteiger partial charge in [-0.3, -0.25) is 9.69 Å². The van der Waals surface area contributed by atoms with Crippen LogP contribution in [0.3, 0.4) is 0 Å². The van der Waals surface area contributed by atoms with Crippen LogP contribution in [0.5, 0.6) is 0 Å². The molecule has 2 rings (SSSR count). The molecule has 0 aliphatic carbocycles. The number of carbonyl (C=O) groups excluding carboxylic acids is 1. The van der Waals surface area contributed by atoms with Crippen LogP contribution in [0.15, 0.2) is 18.3 Å². The van der Waals surface area contributed by atoms with Crippen LogP contribution in [-0.2, 0) is 4.79 Å². The highest BCUT2D eigenvalue weighted by atomic mass is 16.4. The highest BCUT2D eigenvalue weighted by Gasteiger charge is 2.24. The number of rotatable bonds is 5. The molecule has 2 heterocycles. The maximum atomic E-state index is 11.5. The van der Waals surface area contributed by atoms with Crippen LogP contribution in [0.4, 0.5) is 0 Å². The third-order valence-electron chi connectivity index (χ3n) is 3.68. The van der Waals surface area contributed by atoms with Gasteiger partial charge in [-0.2, -0.15) is 5.26 Å². The highest BCUT2D eigenvalue weighted by Crippen LogP contribution is 2.24. The Morgan fingerprint density at radius 1 is 1.43 bits per heavy atom. The lowest BCUT2D eigenvalue weighted by Crippen LogP contribution is -2.42. The SMILES string of the molecule is N#CCNC(=O)CN1CCC(n2cccc2C(=O)O)CC1. The number of nitriles is 1. The molecule has 7 nitrogen and oxygen atoms in total. The van der Waals surface area contributed by atoms with Crippen molar-refractivity contribution in [2.24, 2.45) is 0 Å². The topological polar surface area (TPSA) is 98.4 Å². The van der Waals surface area contributed by atoms with Gasteiger partial charge in [0.25, 0.3) is 0 Å². The second-order valence-electron chi connectivity index (χ2n) is 5.05. The molecule has 0 atom stereocenters. The van der Waals surface area contributed by atoms with Crippen molar-refractivity contribution in [2.45, 2.75) is 18.9 Å². The van der Waals surface area contributed by atoms with Crippen LogP contribution in [-0.4, -0.2) is 52.6 Å². The maximum absolute atomic E-state index is 11.5. The summed E-state index contributed by atoms with van der Waals surface area (Å²) in [5.74, 6) is -1.07. The van der Waals surface area contributed by atoms with Gasteiger partial charge in [0.2, 0.25) is 5.91 Å². The summed E-state index contributed by atoms with van der Waals surface area (Å²) in [5.41, 5.74) is 0.306. The van der Waals surface area contributed by atoms with Crippen molar-refractivity contribution >= 4 is 11.9 Å². The van der Waals surface area contributed by atoms with E-state index in [4.69, 9.17) is 10.4 Å². The van der Waals surface area contributed by atoms with E-state index in [1.165, 1.54) is 0 Å². The van der Waals surface area contributed by atoms with Gasteiger partial charge in [0, 0.05) is 25.3 Å². The summed E-state index contributed by atoms with van der Waals surface area (Å²) in [4.78, 5) is 24.7. The molecule has 0 unspecified atom stereocenters. The third kappa shape index (κ3) is 3.83. The van der Waals surface area contributed by atoms with E-state index in [-0.39, 0.29) is 25.0 Å². The molecule has 112 valence electrons. The number of hydrogen-bond acceptors (Lipinski definition) is 4. The monoisotopic (exact) mass is 290 g/mol. The zero-order valence-electron chi connectivity index (χ0n) is 11.7. The van der Waals surface area contributed by atoms with E-state index in [2.05, 4.69) is 5.32 Å². The van der Waals surface area contributed by atoms with E-state index < -0.39 is 5.97 Å². The Hall–Kier alpha value is -2.33. The molecule has 0 bridgehead atoms. The van der Waals surface area contributed by atoms with Gasteiger partial charge in [-0.15, -0.1) is 0 Å². The Balaban J connectivity index is 1.86. The first-order chi connectivity index (χ1) is 10.1. The molecule has 1 aliphatic rings. The number of amides is 1. The number of aromatic carboxylic acids is 1. The fourth-order valence-corrected chi connectivity index (χ4v) is 2.65. The molecular formula is C14H18N4O3. The summed E-state index contributed by atoms with van der Waals surface area (Å²) in [6.07, 6.45) is 3.41. The standard InChI is InChI=1S/C14H18N4O3/c15-5-6-16-13(19)10-17-8-3-11(4-9-17)18-7-1-2-12(18)14(20)21/h1-2,7,11H,3-4,6,8-10H2,(H,16,19)(H,20,21). The number of nitrogens with one attached hydrogen (secondary N) is 1. The highest BCUT2D eigenvalue weighted by molar-refractivity contribution is 5.85. The first-order valence-electron chi connectivity index (χ1n) is 6.88. The predicted octanol–water partition coefficient (Wildman–Crippen LogP) is 0.463. The minimum absolute atomic E-state index is 0.0284. The first kappa shape index (κ1) is 15.1. The van der Waals surface area contributed by atoms with E-state index in [1.807, 2.05) is 11.0 Å². The van der Waals surface area contributed by atoms with E-state index in [0.29, 0.717) is 5.69 Å². The van der Waals surface area contributed by atoms with Crippen molar-refractivity contribution in [3.05, 3.63) is 24.0 Å². The van der Waals surface area contributed by atoms with Gasteiger partial charge >= 0.3 is 5.97 Å². The van der Waals surface area contributed by atoms with Gasteiger partial charge in [0.1, 0.15) is 12.2 Å². The zero-order chi connectivity index (χ0) is 15.2. The molecule has 21 heavy (non-hydrogen) atoms. The minimum atomic E-state index is -0.918. The lowest BCUT2D eigenvalue weighted by atomic mass is 10.0. The molecule has 1 fully saturated rings. The quantitative estimate of drug-likeness (QED) is 0.768. The summed E-state index contributed by atoms with van der Waals surface area (Å²) in [5, 5.41) is 20.0.